The molecular formula is C11H14Cl. The zero-order valence-electron chi connectivity index (χ0n) is 7.76. The molecule has 0 aliphatic heterocycles. The summed E-state index contributed by atoms with van der Waals surface area (Å²) >= 11 is 6.25. The number of alkyl halides is 1. The van der Waals surface area contributed by atoms with Gasteiger partial charge in [-0.3, -0.25) is 0 Å². The van der Waals surface area contributed by atoms with E-state index in [2.05, 4.69) is 26.8 Å². The maximum Gasteiger partial charge on any atom is 0.0639 e. The average Bonchev–Trinajstić information content (AvgIpc) is 2.03. The topological polar surface area (TPSA) is 0 Å². The molecule has 1 atom stereocenters. The minimum Gasteiger partial charge on any atom is -0.117 e. The first-order chi connectivity index (χ1) is 5.52. The molecule has 0 amide bonds. The first-order valence-corrected chi connectivity index (χ1v) is 4.56. The molecule has 1 radical (unpaired) electrons. The lowest BCUT2D eigenvalue weighted by Gasteiger charge is -2.25. The van der Waals surface area contributed by atoms with Crippen molar-refractivity contribution in [3.05, 3.63) is 35.9 Å². The van der Waals surface area contributed by atoms with Gasteiger partial charge in [0, 0.05) is 0 Å². The summed E-state index contributed by atoms with van der Waals surface area (Å²) in [6, 6.07) is 11.0. The minimum absolute atomic E-state index is 0.0405. The summed E-state index contributed by atoms with van der Waals surface area (Å²) in [6.45, 7) is 6.39. The molecule has 65 valence electrons. The van der Waals surface area contributed by atoms with Crippen molar-refractivity contribution in [3.63, 3.8) is 0 Å². The van der Waals surface area contributed by atoms with Crippen LogP contribution in [-0.4, -0.2) is 0 Å². The third-order valence-corrected chi connectivity index (χ3v) is 2.66. The highest BCUT2D eigenvalue weighted by Crippen LogP contribution is 2.37. The smallest absolute Gasteiger partial charge is 0.0639 e. The highest BCUT2D eigenvalue weighted by atomic mass is 35.5. The van der Waals surface area contributed by atoms with Crippen LogP contribution in [0.2, 0.25) is 0 Å². The van der Waals surface area contributed by atoms with Crippen molar-refractivity contribution in [1.82, 2.24) is 0 Å². The standard InChI is InChI=1S/C11H14Cl/c1-11(2,3)10(12)9-7-5-4-6-8-9/h4-7,10H,1-3H3. The molecule has 1 heteroatoms. The second-order valence-electron chi connectivity index (χ2n) is 4.05. The van der Waals surface area contributed by atoms with Gasteiger partial charge in [-0.2, -0.15) is 0 Å². The fourth-order valence-electron chi connectivity index (χ4n) is 1.03. The lowest BCUT2D eigenvalue weighted by atomic mass is 9.87. The molecule has 0 saturated heterocycles. The van der Waals surface area contributed by atoms with Gasteiger partial charge >= 0.3 is 0 Å². The van der Waals surface area contributed by atoms with Crippen molar-refractivity contribution in [2.24, 2.45) is 5.41 Å². The summed E-state index contributed by atoms with van der Waals surface area (Å²) < 4.78 is 0. The molecule has 0 bridgehead atoms. The predicted octanol–water partition coefficient (Wildman–Crippen LogP) is 3.81. The van der Waals surface area contributed by atoms with Crippen LogP contribution in [-0.2, 0) is 0 Å². The Morgan fingerprint density at radius 1 is 1.33 bits per heavy atom. The van der Waals surface area contributed by atoms with Crippen molar-refractivity contribution < 1.29 is 0 Å². The summed E-state index contributed by atoms with van der Waals surface area (Å²) in [5.41, 5.74) is 1.17. The first-order valence-electron chi connectivity index (χ1n) is 4.12. The lowest BCUT2D eigenvalue weighted by molar-refractivity contribution is 0.395. The van der Waals surface area contributed by atoms with Crippen molar-refractivity contribution in [3.8, 4) is 0 Å². The van der Waals surface area contributed by atoms with E-state index < -0.39 is 0 Å². The van der Waals surface area contributed by atoms with E-state index in [1.807, 2.05) is 24.3 Å². The zero-order valence-corrected chi connectivity index (χ0v) is 8.52. The van der Waals surface area contributed by atoms with Gasteiger partial charge in [-0.05, 0) is 17.0 Å². The number of halogens is 1. The summed E-state index contributed by atoms with van der Waals surface area (Å²) in [5, 5.41) is 0.0405. The molecule has 1 aromatic carbocycles. The number of hydrogen-bond acceptors (Lipinski definition) is 0. The van der Waals surface area contributed by atoms with E-state index in [0.717, 1.165) is 5.56 Å². The van der Waals surface area contributed by atoms with Crippen LogP contribution in [0.5, 0.6) is 0 Å². The molecule has 1 aromatic rings. The van der Waals surface area contributed by atoms with Gasteiger partial charge in [-0.25, -0.2) is 0 Å². The third-order valence-electron chi connectivity index (χ3n) is 1.77. The SMILES string of the molecule is CC(C)(C)C(Cl)c1[c]cccc1. The number of rotatable bonds is 1. The van der Waals surface area contributed by atoms with Gasteiger partial charge in [-0.15, -0.1) is 11.6 Å². The largest absolute Gasteiger partial charge is 0.117 e. The molecule has 12 heavy (non-hydrogen) atoms. The highest BCUT2D eigenvalue weighted by Gasteiger charge is 2.23. The lowest BCUT2D eigenvalue weighted by Crippen LogP contribution is -2.12. The molecule has 1 unspecified atom stereocenters. The maximum absolute atomic E-state index is 6.25. The molecule has 0 aliphatic carbocycles. The summed E-state index contributed by atoms with van der Waals surface area (Å²) in [5.74, 6) is 0. The normalized spacial score (nSPS) is 14.3. The fourth-order valence-corrected chi connectivity index (χ4v) is 1.17. The molecule has 0 aliphatic rings. The number of benzene rings is 1. The Morgan fingerprint density at radius 2 is 2.00 bits per heavy atom. The van der Waals surface area contributed by atoms with Crippen molar-refractivity contribution >= 4 is 11.6 Å². The molecule has 0 heterocycles. The van der Waals surface area contributed by atoms with Crippen molar-refractivity contribution in [2.45, 2.75) is 26.1 Å². The van der Waals surface area contributed by atoms with Gasteiger partial charge in [0.25, 0.3) is 0 Å². The molecule has 0 saturated carbocycles. The minimum atomic E-state index is 0.0405. The van der Waals surface area contributed by atoms with E-state index in [4.69, 9.17) is 11.6 Å². The monoisotopic (exact) mass is 181 g/mol. The van der Waals surface area contributed by atoms with Gasteiger partial charge in [0.15, 0.2) is 0 Å². The van der Waals surface area contributed by atoms with Crippen molar-refractivity contribution in [2.75, 3.05) is 0 Å². The van der Waals surface area contributed by atoms with Crippen LogP contribution < -0.4 is 0 Å². The van der Waals surface area contributed by atoms with Crippen LogP contribution in [0.25, 0.3) is 0 Å². The van der Waals surface area contributed by atoms with E-state index in [9.17, 15) is 0 Å². The Bertz CT molecular complexity index is 233. The Labute approximate surface area is 79.6 Å². The van der Waals surface area contributed by atoms with Crippen LogP contribution in [0.4, 0.5) is 0 Å². The average molecular weight is 182 g/mol. The molecule has 0 spiro atoms. The van der Waals surface area contributed by atoms with E-state index in [0.29, 0.717) is 0 Å². The first kappa shape index (κ1) is 9.60. The molecule has 0 aromatic heterocycles. The maximum atomic E-state index is 6.25. The van der Waals surface area contributed by atoms with E-state index >= 15 is 0 Å². The Hall–Kier alpha value is -0.490. The Balaban J connectivity index is 2.86. The summed E-state index contributed by atoms with van der Waals surface area (Å²) in [7, 11) is 0. The second-order valence-corrected chi connectivity index (χ2v) is 4.48. The van der Waals surface area contributed by atoms with Crippen LogP contribution in [0, 0.1) is 11.5 Å². The highest BCUT2D eigenvalue weighted by molar-refractivity contribution is 6.21. The van der Waals surface area contributed by atoms with E-state index in [-0.39, 0.29) is 10.8 Å². The number of hydrogen-bond donors (Lipinski definition) is 0. The van der Waals surface area contributed by atoms with Crippen LogP contribution in [0.1, 0.15) is 31.7 Å². The van der Waals surface area contributed by atoms with Crippen LogP contribution in [0.3, 0.4) is 0 Å². The van der Waals surface area contributed by atoms with E-state index in [1.165, 1.54) is 0 Å². The Morgan fingerprint density at radius 3 is 2.42 bits per heavy atom. The fraction of sp³-hybridized carbons (Fsp3) is 0.455. The molecule has 0 nitrogen and oxygen atoms in total. The van der Waals surface area contributed by atoms with Gasteiger partial charge in [-0.1, -0.05) is 45.0 Å². The van der Waals surface area contributed by atoms with Gasteiger partial charge in [0.05, 0.1) is 5.38 Å². The van der Waals surface area contributed by atoms with Crippen LogP contribution in [0.15, 0.2) is 24.3 Å². The summed E-state index contributed by atoms with van der Waals surface area (Å²) in [4.78, 5) is 0. The van der Waals surface area contributed by atoms with Crippen LogP contribution >= 0.6 is 11.6 Å². The molecule has 1 rings (SSSR count). The third kappa shape index (κ3) is 2.25. The quantitative estimate of drug-likeness (QED) is 0.578. The van der Waals surface area contributed by atoms with Crippen molar-refractivity contribution in [1.29, 1.82) is 0 Å². The zero-order chi connectivity index (χ0) is 9.19. The Kier molecular flexibility index (Phi) is 2.79. The molecule has 0 fully saturated rings. The second kappa shape index (κ2) is 3.49. The molecular weight excluding hydrogens is 168 g/mol. The molecule has 0 N–H and O–H groups in total. The van der Waals surface area contributed by atoms with Gasteiger partial charge in [0.2, 0.25) is 0 Å². The van der Waals surface area contributed by atoms with E-state index in [1.54, 1.807) is 0 Å². The van der Waals surface area contributed by atoms with Gasteiger partial charge in [0.1, 0.15) is 0 Å². The summed E-state index contributed by atoms with van der Waals surface area (Å²) in [6.07, 6.45) is 0. The van der Waals surface area contributed by atoms with Gasteiger partial charge < -0.3 is 0 Å². The predicted molar refractivity (Wildman–Crippen MR) is 53.3 cm³/mol.